The molecule has 2 saturated carbocycles. The fourth-order valence-corrected chi connectivity index (χ4v) is 4.58. The minimum atomic E-state index is 0.804. The summed E-state index contributed by atoms with van der Waals surface area (Å²) in [5.41, 5.74) is 2.60. The Balaban J connectivity index is 1.51. The molecule has 100 valence electrons. The van der Waals surface area contributed by atoms with Crippen LogP contribution in [-0.4, -0.2) is 23.5 Å². The number of nitrogens with two attached hydrogens (primary N) is 1. The van der Waals surface area contributed by atoms with Crippen LogP contribution in [0.1, 0.15) is 30.6 Å². The third-order valence-corrected chi connectivity index (χ3v) is 5.45. The molecule has 1 aromatic rings. The summed E-state index contributed by atoms with van der Waals surface area (Å²) in [5.74, 6) is 8.35. The second-order valence-electron chi connectivity index (χ2n) is 5.91. The van der Waals surface area contributed by atoms with Crippen molar-refractivity contribution < 1.29 is 0 Å². The van der Waals surface area contributed by atoms with Gasteiger partial charge in [0, 0.05) is 24.2 Å². The maximum absolute atomic E-state index is 5.35. The molecule has 2 aliphatic carbocycles. The summed E-state index contributed by atoms with van der Waals surface area (Å²) in [5, 5.41) is 0.804. The van der Waals surface area contributed by atoms with E-state index in [0.29, 0.717) is 0 Å². The van der Waals surface area contributed by atoms with Crippen LogP contribution in [0.25, 0.3) is 0 Å². The van der Waals surface area contributed by atoms with E-state index in [1.165, 1.54) is 37.1 Å². The number of fused-ring (bicyclic) bond motifs is 2. The number of hydrogen-bond donors (Lipinski definition) is 2. The van der Waals surface area contributed by atoms with Crippen LogP contribution in [0.5, 0.6) is 0 Å². The number of hydrazine groups is 1. The van der Waals surface area contributed by atoms with E-state index in [4.69, 9.17) is 5.84 Å². The summed E-state index contributed by atoms with van der Waals surface area (Å²) < 4.78 is 0. The van der Waals surface area contributed by atoms with Crippen molar-refractivity contribution in [2.75, 3.05) is 19.0 Å². The van der Waals surface area contributed by atoms with Gasteiger partial charge in [-0.1, -0.05) is 17.8 Å². The summed E-state index contributed by atoms with van der Waals surface area (Å²) in [6.07, 6.45) is 7.86. The highest BCUT2D eigenvalue weighted by atomic mass is 32.1. The zero-order valence-electron chi connectivity index (χ0n) is 10.9. The highest BCUT2D eigenvalue weighted by Crippen LogP contribution is 2.48. The van der Waals surface area contributed by atoms with Crippen molar-refractivity contribution in [3.8, 4) is 0 Å². The molecule has 5 heteroatoms. The van der Waals surface area contributed by atoms with E-state index in [-0.39, 0.29) is 0 Å². The van der Waals surface area contributed by atoms with Gasteiger partial charge in [-0.2, -0.15) is 0 Å². The van der Waals surface area contributed by atoms with Crippen LogP contribution in [0.2, 0.25) is 0 Å². The van der Waals surface area contributed by atoms with Gasteiger partial charge in [0.1, 0.15) is 0 Å². The van der Waals surface area contributed by atoms with Gasteiger partial charge in [0.2, 0.25) is 0 Å². The van der Waals surface area contributed by atoms with Crippen LogP contribution in [0.4, 0.5) is 5.13 Å². The smallest absolute Gasteiger partial charge is 0.197 e. The molecule has 2 bridgehead atoms. The SMILES string of the molecule is CN(Cc1cnc(NN)s1)CC1CC2CCC1C2. The number of rotatable bonds is 5. The lowest BCUT2D eigenvalue weighted by Crippen LogP contribution is -2.28. The molecule has 3 unspecified atom stereocenters. The minimum absolute atomic E-state index is 0.804. The first-order valence-corrected chi connectivity index (χ1v) is 7.66. The van der Waals surface area contributed by atoms with Gasteiger partial charge in [-0.05, 0) is 44.1 Å². The lowest BCUT2D eigenvalue weighted by atomic mass is 9.88. The predicted octanol–water partition coefficient (Wildman–Crippen LogP) is 2.30. The molecule has 3 atom stereocenters. The molecule has 1 heterocycles. The van der Waals surface area contributed by atoms with E-state index in [1.54, 1.807) is 11.3 Å². The highest BCUT2D eigenvalue weighted by Gasteiger charge is 2.39. The summed E-state index contributed by atoms with van der Waals surface area (Å²) in [7, 11) is 2.22. The number of thiazole rings is 1. The highest BCUT2D eigenvalue weighted by molar-refractivity contribution is 7.15. The molecular weight excluding hydrogens is 244 g/mol. The monoisotopic (exact) mass is 266 g/mol. The summed E-state index contributed by atoms with van der Waals surface area (Å²) in [6.45, 7) is 2.23. The van der Waals surface area contributed by atoms with Crippen LogP contribution in [0, 0.1) is 17.8 Å². The predicted molar refractivity (Wildman–Crippen MR) is 75.2 cm³/mol. The second-order valence-corrected chi connectivity index (χ2v) is 7.02. The van der Waals surface area contributed by atoms with Crippen LogP contribution in [-0.2, 0) is 6.54 Å². The van der Waals surface area contributed by atoms with Crippen molar-refractivity contribution in [1.29, 1.82) is 0 Å². The Morgan fingerprint density at radius 2 is 2.39 bits per heavy atom. The quantitative estimate of drug-likeness (QED) is 0.634. The van der Waals surface area contributed by atoms with Crippen LogP contribution in [0.3, 0.4) is 0 Å². The summed E-state index contributed by atoms with van der Waals surface area (Å²) in [4.78, 5) is 7.94. The maximum atomic E-state index is 5.35. The van der Waals surface area contributed by atoms with Gasteiger partial charge in [-0.3, -0.25) is 5.43 Å². The van der Waals surface area contributed by atoms with E-state index in [0.717, 1.165) is 29.4 Å². The largest absolute Gasteiger partial charge is 0.301 e. The zero-order chi connectivity index (χ0) is 12.5. The van der Waals surface area contributed by atoms with Crippen molar-refractivity contribution in [1.82, 2.24) is 9.88 Å². The van der Waals surface area contributed by atoms with Crippen molar-refractivity contribution in [2.24, 2.45) is 23.6 Å². The first kappa shape index (κ1) is 12.4. The first-order chi connectivity index (χ1) is 8.74. The fourth-order valence-electron chi connectivity index (χ4n) is 3.78. The van der Waals surface area contributed by atoms with Gasteiger partial charge < -0.3 is 4.90 Å². The second kappa shape index (κ2) is 5.15. The van der Waals surface area contributed by atoms with Crippen molar-refractivity contribution in [3.63, 3.8) is 0 Å². The van der Waals surface area contributed by atoms with Crippen molar-refractivity contribution in [2.45, 2.75) is 32.2 Å². The summed E-state index contributed by atoms with van der Waals surface area (Å²) >= 11 is 1.65. The van der Waals surface area contributed by atoms with Crippen LogP contribution in [0.15, 0.2) is 6.20 Å². The van der Waals surface area contributed by atoms with Gasteiger partial charge in [0.25, 0.3) is 0 Å². The normalized spacial score (nSPS) is 30.3. The van der Waals surface area contributed by atoms with E-state index in [2.05, 4.69) is 22.4 Å². The number of nitrogen functional groups attached to an aromatic ring is 1. The Kier molecular flexibility index (Phi) is 3.54. The molecule has 0 aromatic carbocycles. The van der Waals surface area contributed by atoms with Gasteiger partial charge >= 0.3 is 0 Å². The molecule has 0 spiro atoms. The van der Waals surface area contributed by atoms with Crippen LogP contribution >= 0.6 is 11.3 Å². The average Bonchev–Trinajstić information content (AvgIpc) is 3.04. The molecule has 18 heavy (non-hydrogen) atoms. The molecule has 4 nitrogen and oxygen atoms in total. The van der Waals surface area contributed by atoms with Gasteiger partial charge in [-0.15, -0.1) is 0 Å². The molecule has 3 N–H and O–H groups in total. The molecule has 1 aromatic heterocycles. The van der Waals surface area contributed by atoms with Gasteiger partial charge in [-0.25, -0.2) is 10.8 Å². The number of nitrogens with one attached hydrogen (secondary N) is 1. The average molecular weight is 266 g/mol. The Morgan fingerprint density at radius 3 is 3.00 bits per heavy atom. The Labute approximate surface area is 113 Å². The maximum Gasteiger partial charge on any atom is 0.197 e. The van der Waals surface area contributed by atoms with Crippen molar-refractivity contribution in [3.05, 3.63) is 11.1 Å². The molecule has 0 saturated heterocycles. The molecule has 2 fully saturated rings. The lowest BCUT2D eigenvalue weighted by Gasteiger charge is -2.26. The third kappa shape index (κ3) is 2.53. The first-order valence-electron chi connectivity index (χ1n) is 6.84. The van der Waals surface area contributed by atoms with Crippen molar-refractivity contribution >= 4 is 16.5 Å². The Bertz CT molecular complexity index is 405. The number of hydrogen-bond acceptors (Lipinski definition) is 5. The van der Waals surface area contributed by atoms with Gasteiger partial charge in [0.05, 0.1) is 0 Å². The van der Waals surface area contributed by atoms with Gasteiger partial charge in [0.15, 0.2) is 5.13 Å². The Morgan fingerprint density at radius 1 is 1.50 bits per heavy atom. The molecule has 0 radical (unpaired) electrons. The standard InChI is InChI=1S/C13H22N4S/c1-17(8-12-6-15-13(16-14)18-12)7-11-5-9-2-3-10(11)4-9/h6,9-11H,2-5,7-8,14H2,1H3,(H,15,16). The van der Waals surface area contributed by atoms with Crippen LogP contribution < -0.4 is 11.3 Å². The fraction of sp³-hybridized carbons (Fsp3) is 0.769. The Hall–Kier alpha value is -0.650. The molecule has 2 aliphatic rings. The molecule has 3 rings (SSSR count). The van der Waals surface area contributed by atoms with E-state index in [9.17, 15) is 0 Å². The number of anilines is 1. The number of nitrogens with zero attached hydrogens (tertiary/aromatic N) is 2. The van der Waals surface area contributed by atoms with E-state index in [1.807, 2.05) is 6.20 Å². The molecule has 0 amide bonds. The third-order valence-electron chi connectivity index (χ3n) is 4.53. The molecule has 0 aliphatic heterocycles. The topological polar surface area (TPSA) is 54.2 Å². The minimum Gasteiger partial charge on any atom is -0.301 e. The molecular formula is C13H22N4S. The lowest BCUT2D eigenvalue weighted by molar-refractivity contribution is 0.215. The van der Waals surface area contributed by atoms with E-state index >= 15 is 0 Å². The van der Waals surface area contributed by atoms with E-state index < -0.39 is 0 Å². The number of aromatic nitrogens is 1. The zero-order valence-corrected chi connectivity index (χ0v) is 11.7. The summed E-state index contributed by atoms with van der Waals surface area (Å²) in [6, 6.07) is 0.